The van der Waals surface area contributed by atoms with Crippen LogP contribution in [-0.2, 0) is 23.9 Å². The minimum atomic E-state index is -1.72. The Bertz CT molecular complexity index is 775. The van der Waals surface area contributed by atoms with Crippen molar-refractivity contribution in [2.24, 2.45) is 11.3 Å². The molecule has 1 saturated heterocycles. The van der Waals surface area contributed by atoms with Crippen LogP contribution in [0.15, 0.2) is 12.2 Å². The van der Waals surface area contributed by atoms with Gasteiger partial charge in [-0.2, -0.15) is 0 Å². The Hall–Kier alpha value is -2.01. The first-order valence-corrected chi connectivity index (χ1v) is 13.5. The molecule has 0 aromatic heterocycles. The van der Waals surface area contributed by atoms with E-state index in [1.54, 1.807) is 11.0 Å². The molecule has 1 aliphatic carbocycles. The third kappa shape index (κ3) is 10.00. The molecular weight excluding hydrogens is 480 g/mol. The molecule has 0 bridgehead atoms. The number of ether oxygens (including phenoxy) is 2. The Morgan fingerprint density at radius 2 is 1.70 bits per heavy atom. The lowest BCUT2D eigenvalue weighted by atomic mass is 9.89. The number of allylic oxidation sites excluding steroid dienone is 1. The van der Waals surface area contributed by atoms with Gasteiger partial charge in [0.05, 0.1) is 12.5 Å². The Morgan fingerprint density at radius 3 is 2.32 bits per heavy atom. The van der Waals surface area contributed by atoms with E-state index in [0.717, 1.165) is 38.5 Å². The summed E-state index contributed by atoms with van der Waals surface area (Å²) in [7, 11) is 1.21. The van der Waals surface area contributed by atoms with Crippen LogP contribution in [0.1, 0.15) is 72.1 Å². The number of methoxy groups -OCH3 is 1. The van der Waals surface area contributed by atoms with Gasteiger partial charge in [0.2, 0.25) is 5.91 Å². The third-order valence-electron chi connectivity index (χ3n) is 6.96. The number of hydrogen-bond acceptors (Lipinski definition) is 8. The van der Waals surface area contributed by atoms with E-state index < -0.39 is 36.4 Å². The number of nitrogens with zero attached hydrogens (tertiary/aromatic N) is 1. The summed E-state index contributed by atoms with van der Waals surface area (Å²) in [6.45, 7) is 6.58. The Kier molecular flexibility index (Phi) is 12.5. The zero-order valence-electron chi connectivity index (χ0n) is 22.7. The smallest absolute Gasteiger partial charge is 0.308 e. The SMILES string of the molecule is CO[C@@H](C(=O)N[C@H]1CCCCN(CCOC(=O)C2CCCCC2)C1=O)[C@H](O)[C@@H](O)[C@H](O)/C=C/C(C)(C)C. The lowest BCUT2D eigenvalue weighted by Gasteiger charge is -2.29. The number of aliphatic hydroxyl groups is 3. The van der Waals surface area contributed by atoms with Gasteiger partial charge in [-0.3, -0.25) is 14.4 Å². The Balaban J connectivity index is 1.93. The maximum absolute atomic E-state index is 13.1. The Morgan fingerprint density at radius 1 is 1.05 bits per heavy atom. The van der Waals surface area contributed by atoms with Gasteiger partial charge in [0, 0.05) is 13.7 Å². The summed E-state index contributed by atoms with van der Waals surface area (Å²) in [5, 5.41) is 33.8. The summed E-state index contributed by atoms with van der Waals surface area (Å²) < 4.78 is 10.6. The molecule has 2 amide bonds. The highest BCUT2D eigenvalue weighted by Gasteiger charge is 2.38. The van der Waals surface area contributed by atoms with E-state index >= 15 is 0 Å². The fourth-order valence-corrected chi connectivity index (χ4v) is 4.71. The first-order chi connectivity index (χ1) is 17.4. The molecule has 10 nitrogen and oxygen atoms in total. The normalized spacial score (nSPS) is 23.3. The van der Waals surface area contributed by atoms with Gasteiger partial charge in [-0.05, 0) is 37.5 Å². The lowest BCUT2D eigenvalue weighted by Crippen LogP contribution is -2.56. The molecule has 37 heavy (non-hydrogen) atoms. The second-order valence-electron chi connectivity index (χ2n) is 11.2. The molecule has 212 valence electrons. The summed E-state index contributed by atoms with van der Waals surface area (Å²) >= 11 is 0. The van der Waals surface area contributed by atoms with Crippen molar-refractivity contribution in [1.29, 1.82) is 0 Å². The standard InChI is InChI=1S/C27H46N2O8/c1-27(2,3)14-13-20(30)21(31)22(32)23(36-4)24(33)28-19-12-8-9-15-29(25(19)34)16-17-37-26(35)18-10-6-5-7-11-18/h13-14,18-23,30-32H,5-12,15-17H2,1-4H3,(H,28,33)/b14-13+/t19-,20+,21-,22+,23+/m0/s1. The van der Waals surface area contributed by atoms with E-state index in [1.165, 1.54) is 13.2 Å². The molecule has 0 aromatic carbocycles. The molecule has 2 fully saturated rings. The van der Waals surface area contributed by atoms with E-state index in [-0.39, 0.29) is 36.4 Å². The highest BCUT2D eigenvalue weighted by molar-refractivity contribution is 5.90. The van der Waals surface area contributed by atoms with Gasteiger partial charge in [-0.1, -0.05) is 52.2 Å². The summed E-state index contributed by atoms with van der Waals surface area (Å²) in [4.78, 5) is 39.9. The van der Waals surface area contributed by atoms with E-state index in [1.807, 2.05) is 20.8 Å². The van der Waals surface area contributed by atoms with Crippen molar-refractivity contribution in [3.05, 3.63) is 12.2 Å². The molecule has 0 unspecified atom stereocenters. The van der Waals surface area contributed by atoms with Crippen molar-refractivity contribution >= 4 is 17.8 Å². The van der Waals surface area contributed by atoms with Gasteiger partial charge in [-0.15, -0.1) is 0 Å². The molecule has 1 heterocycles. The van der Waals surface area contributed by atoms with Gasteiger partial charge in [0.1, 0.15) is 31.0 Å². The molecule has 0 aromatic rings. The topological polar surface area (TPSA) is 146 Å². The summed E-state index contributed by atoms with van der Waals surface area (Å²) in [6.07, 6.45) is 3.54. The second-order valence-corrected chi connectivity index (χ2v) is 11.2. The van der Waals surface area contributed by atoms with Crippen LogP contribution in [0.25, 0.3) is 0 Å². The van der Waals surface area contributed by atoms with Crippen LogP contribution in [0.2, 0.25) is 0 Å². The van der Waals surface area contributed by atoms with Crippen LogP contribution in [0.4, 0.5) is 0 Å². The molecule has 4 N–H and O–H groups in total. The number of aliphatic hydroxyl groups excluding tert-OH is 3. The average molecular weight is 527 g/mol. The Labute approximate surface area is 220 Å². The van der Waals surface area contributed by atoms with Gasteiger partial charge >= 0.3 is 5.97 Å². The quantitative estimate of drug-likeness (QED) is 0.233. The number of amides is 2. The highest BCUT2D eigenvalue weighted by Crippen LogP contribution is 2.24. The maximum Gasteiger partial charge on any atom is 0.308 e. The zero-order valence-corrected chi connectivity index (χ0v) is 22.7. The molecule has 0 spiro atoms. The molecule has 5 atom stereocenters. The first kappa shape index (κ1) is 31.2. The minimum Gasteiger partial charge on any atom is -0.464 e. The van der Waals surface area contributed by atoms with E-state index in [9.17, 15) is 29.7 Å². The van der Waals surface area contributed by atoms with Crippen LogP contribution in [-0.4, -0.2) is 95.3 Å². The van der Waals surface area contributed by atoms with Crippen LogP contribution < -0.4 is 5.32 Å². The monoisotopic (exact) mass is 526 g/mol. The van der Waals surface area contributed by atoms with Crippen LogP contribution in [0.5, 0.6) is 0 Å². The van der Waals surface area contributed by atoms with Crippen LogP contribution in [0, 0.1) is 11.3 Å². The number of rotatable bonds is 11. The fraction of sp³-hybridized carbons (Fsp3) is 0.815. The molecule has 10 heteroatoms. The van der Waals surface area contributed by atoms with Gasteiger partial charge in [-0.25, -0.2) is 0 Å². The van der Waals surface area contributed by atoms with Gasteiger partial charge in [0.15, 0.2) is 6.10 Å². The van der Waals surface area contributed by atoms with Crippen molar-refractivity contribution in [1.82, 2.24) is 10.2 Å². The maximum atomic E-state index is 13.1. The third-order valence-corrected chi connectivity index (χ3v) is 6.96. The van der Waals surface area contributed by atoms with Crippen molar-refractivity contribution in [3.63, 3.8) is 0 Å². The molecule has 2 aliphatic rings. The summed E-state index contributed by atoms with van der Waals surface area (Å²) in [6, 6.07) is -0.836. The van der Waals surface area contributed by atoms with E-state index in [0.29, 0.717) is 19.4 Å². The molecule has 1 saturated carbocycles. The van der Waals surface area contributed by atoms with Crippen LogP contribution in [0.3, 0.4) is 0 Å². The number of carbonyl (C=O) groups is 3. The number of likely N-dealkylation sites (tertiary alicyclic amines) is 1. The lowest BCUT2D eigenvalue weighted by molar-refractivity contribution is -0.152. The van der Waals surface area contributed by atoms with Gasteiger partial charge in [0.25, 0.3) is 5.91 Å². The van der Waals surface area contributed by atoms with Crippen molar-refractivity contribution in [2.45, 2.75) is 103 Å². The predicted octanol–water partition coefficient (Wildman–Crippen LogP) is 1.31. The van der Waals surface area contributed by atoms with Crippen molar-refractivity contribution in [2.75, 3.05) is 26.8 Å². The number of nitrogens with one attached hydrogen (secondary N) is 1. The fourth-order valence-electron chi connectivity index (χ4n) is 4.71. The summed E-state index contributed by atoms with van der Waals surface area (Å²) in [5.41, 5.74) is -0.246. The molecule has 0 radical (unpaired) electrons. The minimum absolute atomic E-state index is 0.0594. The molecule has 2 rings (SSSR count). The van der Waals surface area contributed by atoms with Crippen molar-refractivity contribution in [3.8, 4) is 0 Å². The first-order valence-electron chi connectivity index (χ1n) is 13.5. The van der Waals surface area contributed by atoms with Crippen LogP contribution >= 0.6 is 0 Å². The predicted molar refractivity (Wildman–Crippen MR) is 137 cm³/mol. The van der Waals surface area contributed by atoms with Gasteiger partial charge < -0.3 is 35.0 Å². The van der Waals surface area contributed by atoms with E-state index in [2.05, 4.69) is 5.32 Å². The number of hydrogen-bond donors (Lipinski definition) is 4. The number of esters is 1. The summed E-state index contributed by atoms with van der Waals surface area (Å²) in [5.74, 6) is -1.32. The largest absolute Gasteiger partial charge is 0.464 e. The van der Waals surface area contributed by atoms with Crippen molar-refractivity contribution < 1.29 is 39.2 Å². The van der Waals surface area contributed by atoms with E-state index in [4.69, 9.17) is 9.47 Å². The second kappa shape index (κ2) is 14.8. The average Bonchev–Trinajstić information content (AvgIpc) is 3.03. The molecule has 1 aliphatic heterocycles. The molecular formula is C27H46N2O8. The highest BCUT2D eigenvalue weighted by atomic mass is 16.5. The zero-order chi connectivity index (χ0) is 27.6. The number of carbonyl (C=O) groups excluding carboxylic acids is 3.